The van der Waals surface area contributed by atoms with Crippen LogP contribution in [0.2, 0.25) is 0 Å². The highest BCUT2D eigenvalue weighted by Gasteiger charge is 2.11. The van der Waals surface area contributed by atoms with Gasteiger partial charge in [-0.2, -0.15) is 0 Å². The minimum atomic E-state index is -0.779. The van der Waals surface area contributed by atoms with E-state index < -0.39 is 18.0 Å². The molecule has 2 aromatic rings. The zero-order chi connectivity index (χ0) is 14.4. The highest BCUT2D eigenvalue weighted by atomic mass is 19.1. The van der Waals surface area contributed by atoms with E-state index in [1.807, 2.05) is 0 Å². The number of nitrogens with one attached hydrogen (secondary N) is 2. The highest BCUT2D eigenvalue weighted by Crippen LogP contribution is 2.16. The first-order valence-corrected chi connectivity index (χ1v) is 6.17. The second kappa shape index (κ2) is 6.72. The van der Waals surface area contributed by atoms with E-state index in [1.165, 1.54) is 24.5 Å². The Hall–Kier alpha value is -2.34. The molecule has 3 N–H and O–H groups in total. The Labute approximate surface area is 115 Å². The summed E-state index contributed by atoms with van der Waals surface area (Å²) < 4.78 is 18.3. The van der Waals surface area contributed by atoms with Crippen LogP contribution in [0.15, 0.2) is 47.1 Å². The van der Waals surface area contributed by atoms with Gasteiger partial charge >= 0.3 is 6.03 Å². The highest BCUT2D eigenvalue weighted by molar-refractivity contribution is 5.89. The molecule has 0 saturated heterocycles. The number of hydrogen-bond donors (Lipinski definition) is 3. The zero-order valence-corrected chi connectivity index (χ0v) is 10.7. The number of benzene rings is 1. The van der Waals surface area contributed by atoms with Gasteiger partial charge in [0.2, 0.25) is 0 Å². The summed E-state index contributed by atoms with van der Waals surface area (Å²) in [6, 6.07) is 8.70. The van der Waals surface area contributed by atoms with Gasteiger partial charge in [-0.3, -0.25) is 0 Å². The fourth-order valence-electron chi connectivity index (χ4n) is 1.67. The maximum absolute atomic E-state index is 13.3. The Kier molecular flexibility index (Phi) is 4.73. The Bertz CT molecular complexity index is 557. The number of carbonyl (C=O) groups is 1. The topological polar surface area (TPSA) is 74.5 Å². The molecule has 5 nitrogen and oxygen atoms in total. The minimum absolute atomic E-state index is 0.108. The molecule has 0 aliphatic heterocycles. The minimum Gasteiger partial charge on any atom is -0.467 e. The number of halogens is 1. The number of aliphatic hydroxyl groups is 1. The van der Waals surface area contributed by atoms with Crippen molar-refractivity contribution >= 4 is 11.7 Å². The SMILES string of the molecule is O=C(NCCC(O)c1ccco1)Nc1ccccc1F. The summed E-state index contributed by atoms with van der Waals surface area (Å²) in [7, 11) is 0. The van der Waals surface area contributed by atoms with Crippen molar-refractivity contribution in [3.8, 4) is 0 Å². The maximum atomic E-state index is 13.3. The second-order valence-electron chi connectivity index (χ2n) is 4.18. The fraction of sp³-hybridized carbons (Fsp3) is 0.214. The lowest BCUT2D eigenvalue weighted by molar-refractivity contribution is 0.140. The standard InChI is InChI=1S/C14H15FN2O3/c15-10-4-1-2-5-11(10)17-14(19)16-8-7-12(18)13-6-3-9-20-13/h1-6,9,12,18H,7-8H2,(H2,16,17,19). The van der Waals surface area contributed by atoms with Gasteiger partial charge in [-0.1, -0.05) is 12.1 Å². The molecule has 0 aliphatic carbocycles. The molecule has 1 heterocycles. The Morgan fingerprint density at radius 2 is 2.10 bits per heavy atom. The van der Waals surface area contributed by atoms with E-state index >= 15 is 0 Å². The molecular formula is C14H15FN2O3. The lowest BCUT2D eigenvalue weighted by Crippen LogP contribution is -2.30. The molecule has 0 saturated carbocycles. The van der Waals surface area contributed by atoms with Crippen LogP contribution in [0, 0.1) is 5.82 Å². The first kappa shape index (κ1) is 14.1. The number of rotatable bonds is 5. The van der Waals surface area contributed by atoms with Gasteiger partial charge in [0.1, 0.15) is 17.7 Å². The van der Waals surface area contributed by atoms with Crippen molar-refractivity contribution in [2.75, 3.05) is 11.9 Å². The molecule has 0 spiro atoms. The van der Waals surface area contributed by atoms with Crippen LogP contribution in [0.1, 0.15) is 18.3 Å². The van der Waals surface area contributed by atoms with Crippen LogP contribution < -0.4 is 10.6 Å². The molecule has 106 valence electrons. The predicted octanol–water partition coefficient (Wildman–Crippen LogP) is 2.66. The van der Waals surface area contributed by atoms with Crippen LogP contribution in [-0.2, 0) is 0 Å². The first-order chi connectivity index (χ1) is 9.66. The van der Waals surface area contributed by atoms with Gasteiger partial charge in [-0.05, 0) is 30.7 Å². The van der Waals surface area contributed by atoms with Crippen molar-refractivity contribution in [1.82, 2.24) is 5.32 Å². The summed E-state index contributed by atoms with van der Waals surface area (Å²) in [5.41, 5.74) is 0.108. The molecule has 0 bridgehead atoms. The van der Waals surface area contributed by atoms with Gasteiger partial charge in [0.25, 0.3) is 0 Å². The van der Waals surface area contributed by atoms with Gasteiger partial charge in [0, 0.05) is 6.54 Å². The van der Waals surface area contributed by atoms with Gasteiger partial charge in [0.15, 0.2) is 0 Å². The molecule has 2 amide bonds. The van der Waals surface area contributed by atoms with Gasteiger partial charge < -0.3 is 20.2 Å². The summed E-state index contributed by atoms with van der Waals surface area (Å²) >= 11 is 0. The zero-order valence-electron chi connectivity index (χ0n) is 10.7. The third kappa shape index (κ3) is 3.83. The molecule has 0 aliphatic rings. The molecule has 6 heteroatoms. The molecule has 0 radical (unpaired) electrons. The average molecular weight is 278 g/mol. The molecule has 0 fully saturated rings. The fourth-order valence-corrected chi connectivity index (χ4v) is 1.67. The molecular weight excluding hydrogens is 263 g/mol. The smallest absolute Gasteiger partial charge is 0.319 e. The summed E-state index contributed by atoms with van der Waals surface area (Å²) in [6.07, 6.45) is 0.994. The van der Waals surface area contributed by atoms with Crippen molar-refractivity contribution in [3.63, 3.8) is 0 Å². The van der Waals surface area contributed by atoms with Crippen LogP contribution in [0.4, 0.5) is 14.9 Å². The van der Waals surface area contributed by atoms with Gasteiger partial charge in [-0.25, -0.2) is 9.18 Å². The summed E-state index contributed by atoms with van der Waals surface area (Å²) in [4.78, 5) is 11.5. The van der Waals surface area contributed by atoms with E-state index in [-0.39, 0.29) is 12.2 Å². The number of anilines is 1. The third-order valence-electron chi connectivity index (χ3n) is 2.70. The van der Waals surface area contributed by atoms with Gasteiger partial charge in [-0.15, -0.1) is 0 Å². The van der Waals surface area contributed by atoms with Crippen LogP contribution in [0.5, 0.6) is 0 Å². The summed E-state index contributed by atoms with van der Waals surface area (Å²) in [5.74, 6) is -0.0559. The molecule has 2 rings (SSSR count). The Balaban J connectivity index is 1.74. The quantitative estimate of drug-likeness (QED) is 0.787. The molecule has 1 unspecified atom stereocenters. The normalized spacial score (nSPS) is 11.9. The second-order valence-corrected chi connectivity index (χ2v) is 4.18. The van der Waals surface area contributed by atoms with Crippen LogP contribution in [0.25, 0.3) is 0 Å². The Morgan fingerprint density at radius 3 is 2.80 bits per heavy atom. The number of urea groups is 1. The number of para-hydroxylation sites is 1. The summed E-state index contributed by atoms with van der Waals surface area (Å²) in [6.45, 7) is 0.238. The van der Waals surface area contributed by atoms with Crippen molar-refractivity contribution in [1.29, 1.82) is 0 Å². The number of hydrogen-bond acceptors (Lipinski definition) is 3. The van der Waals surface area contributed by atoms with Crippen LogP contribution in [-0.4, -0.2) is 17.7 Å². The van der Waals surface area contributed by atoms with Crippen molar-refractivity contribution in [2.24, 2.45) is 0 Å². The lowest BCUT2D eigenvalue weighted by atomic mass is 10.2. The van der Waals surface area contributed by atoms with Crippen molar-refractivity contribution in [2.45, 2.75) is 12.5 Å². The van der Waals surface area contributed by atoms with E-state index in [0.717, 1.165) is 0 Å². The van der Waals surface area contributed by atoms with E-state index in [4.69, 9.17) is 4.42 Å². The first-order valence-electron chi connectivity index (χ1n) is 6.17. The number of carbonyl (C=O) groups excluding carboxylic acids is 1. The lowest BCUT2D eigenvalue weighted by Gasteiger charge is -2.10. The predicted molar refractivity (Wildman–Crippen MR) is 71.7 cm³/mol. The molecule has 1 aromatic heterocycles. The number of furan rings is 1. The van der Waals surface area contributed by atoms with E-state index in [1.54, 1.807) is 18.2 Å². The largest absolute Gasteiger partial charge is 0.467 e. The molecule has 1 atom stereocenters. The monoisotopic (exact) mass is 278 g/mol. The summed E-state index contributed by atoms with van der Waals surface area (Å²) in [5, 5.41) is 14.7. The molecule has 1 aromatic carbocycles. The molecule has 20 heavy (non-hydrogen) atoms. The van der Waals surface area contributed by atoms with Crippen molar-refractivity contribution < 1.29 is 18.7 Å². The van der Waals surface area contributed by atoms with E-state index in [9.17, 15) is 14.3 Å². The average Bonchev–Trinajstić information content (AvgIpc) is 2.95. The maximum Gasteiger partial charge on any atom is 0.319 e. The third-order valence-corrected chi connectivity index (χ3v) is 2.70. The van der Waals surface area contributed by atoms with Gasteiger partial charge in [0.05, 0.1) is 12.0 Å². The van der Waals surface area contributed by atoms with E-state index in [0.29, 0.717) is 12.2 Å². The Morgan fingerprint density at radius 1 is 1.30 bits per heavy atom. The van der Waals surface area contributed by atoms with Crippen molar-refractivity contribution in [3.05, 3.63) is 54.2 Å². The van der Waals surface area contributed by atoms with Crippen LogP contribution in [0.3, 0.4) is 0 Å². The van der Waals surface area contributed by atoms with E-state index in [2.05, 4.69) is 10.6 Å². The number of aliphatic hydroxyl groups excluding tert-OH is 1. The number of amides is 2. The van der Waals surface area contributed by atoms with Crippen LogP contribution >= 0.6 is 0 Å².